The Kier molecular flexibility index (Phi) is 7.65. The summed E-state index contributed by atoms with van der Waals surface area (Å²) in [6, 6.07) is -0.542. The topological polar surface area (TPSA) is 76.7 Å². The molecule has 0 bridgehead atoms. The average molecular weight is 314 g/mol. The van der Waals surface area contributed by atoms with Crippen LogP contribution < -0.4 is 10.6 Å². The molecule has 1 fully saturated rings. The standard InChI is InChI=1S/C16H30N2O4/c1-16(2,3)22-15(20)18-13(14(19)17-4)7-5-6-12-8-10-21-11-9-12/h12-13H,5-11H2,1-4H3,(H,17,19)(H,18,20). The van der Waals surface area contributed by atoms with E-state index in [1.54, 1.807) is 27.8 Å². The van der Waals surface area contributed by atoms with Crippen LogP contribution in [-0.2, 0) is 14.3 Å². The Labute approximate surface area is 133 Å². The van der Waals surface area contributed by atoms with E-state index in [1.165, 1.54) is 0 Å². The van der Waals surface area contributed by atoms with Crippen molar-refractivity contribution in [3.63, 3.8) is 0 Å². The minimum Gasteiger partial charge on any atom is -0.444 e. The molecule has 0 radical (unpaired) electrons. The minimum atomic E-state index is -0.570. The molecule has 6 heteroatoms. The maximum absolute atomic E-state index is 11.9. The van der Waals surface area contributed by atoms with Crippen LogP contribution in [0.1, 0.15) is 52.9 Å². The zero-order valence-electron chi connectivity index (χ0n) is 14.2. The van der Waals surface area contributed by atoms with E-state index in [0.717, 1.165) is 38.9 Å². The van der Waals surface area contributed by atoms with Gasteiger partial charge in [0.25, 0.3) is 0 Å². The molecular weight excluding hydrogens is 284 g/mol. The number of hydrogen-bond acceptors (Lipinski definition) is 4. The fourth-order valence-corrected chi connectivity index (χ4v) is 2.54. The number of carbonyl (C=O) groups excluding carboxylic acids is 2. The molecule has 1 rings (SSSR count). The van der Waals surface area contributed by atoms with Crippen molar-refractivity contribution < 1.29 is 19.1 Å². The third kappa shape index (κ3) is 7.64. The van der Waals surface area contributed by atoms with Crippen LogP contribution in [0.2, 0.25) is 0 Å². The molecule has 1 heterocycles. The van der Waals surface area contributed by atoms with E-state index in [1.807, 2.05) is 0 Å². The predicted octanol–water partition coefficient (Wildman–Crippen LogP) is 2.22. The Bertz CT molecular complexity index is 360. The lowest BCUT2D eigenvalue weighted by molar-refractivity contribution is -0.122. The summed E-state index contributed by atoms with van der Waals surface area (Å²) in [5.74, 6) is 0.485. The van der Waals surface area contributed by atoms with Crippen molar-refractivity contribution in [2.45, 2.75) is 64.5 Å². The zero-order valence-corrected chi connectivity index (χ0v) is 14.2. The van der Waals surface area contributed by atoms with Gasteiger partial charge in [0.1, 0.15) is 11.6 Å². The third-order valence-electron chi connectivity index (χ3n) is 3.70. The molecule has 1 atom stereocenters. The van der Waals surface area contributed by atoms with Crippen LogP contribution in [0.15, 0.2) is 0 Å². The van der Waals surface area contributed by atoms with Gasteiger partial charge in [0.15, 0.2) is 0 Å². The fourth-order valence-electron chi connectivity index (χ4n) is 2.54. The highest BCUT2D eigenvalue weighted by molar-refractivity contribution is 5.85. The highest BCUT2D eigenvalue weighted by Gasteiger charge is 2.24. The van der Waals surface area contributed by atoms with Crippen LogP contribution in [0.3, 0.4) is 0 Å². The quantitative estimate of drug-likeness (QED) is 0.788. The number of rotatable bonds is 6. The summed E-state index contributed by atoms with van der Waals surface area (Å²) in [6.07, 6.45) is 4.21. The molecule has 2 amide bonds. The third-order valence-corrected chi connectivity index (χ3v) is 3.70. The van der Waals surface area contributed by atoms with Crippen molar-refractivity contribution in [2.24, 2.45) is 5.92 Å². The Balaban J connectivity index is 2.39. The molecule has 0 spiro atoms. The number of alkyl carbamates (subject to hydrolysis) is 1. The van der Waals surface area contributed by atoms with Gasteiger partial charge in [-0.2, -0.15) is 0 Å². The maximum Gasteiger partial charge on any atom is 0.408 e. The Morgan fingerprint density at radius 3 is 2.45 bits per heavy atom. The smallest absolute Gasteiger partial charge is 0.408 e. The normalized spacial score (nSPS) is 17.6. The van der Waals surface area contributed by atoms with Crippen molar-refractivity contribution >= 4 is 12.0 Å². The van der Waals surface area contributed by atoms with Gasteiger partial charge in [0.05, 0.1) is 0 Å². The van der Waals surface area contributed by atoms with Gasteiger partial charge >= 0.3 is 6.09 Å². The van der Waals surface area contributed by atoms with Gasteiger partial charge < -0.3 is 20.1 Å². The van der Waals surface area contributed by atoms with Crippen LogP contribution in [0.25, 0.3) is 0 Å². The largest absolute Gasteiger partial charge is 0.444 e. The number of nitrogens with one attached hydrogen (secondary N) is 2. The summed E-state index contributed by atoms with van der Waals surface area (Å²) < 4.78 is 10.6. The van der Waals surface area contributed by atoms with Crippen LogP contribution in [0.4, 0.5) is 4.79 Å². The van der Waals surface area contributed by atoms with Gasteiger partial charge in [-0.05, 0) is 46.0 Å². The second kappa shape index (κ2) is 8.98. The van der Waals surface area contributed by atoms with E-state index < -0.39 is 17.7 Å². The van der Waals surface area contributed by atoms with Crippen molar-refractivity contribution in [3.8, 4) is 0 Å². The first-order valence-corrected chi connectivity index (χ1v) is 8.10. The molecule has 6 nitrogen and oxygen atoms in total. The van der Waals surface area contributed by atoms with Gasteiger partial charge in [0, 0.05) is 20.3 Å². The number of carbonyl (C=O) groups is 2. The predicted molar refractivity (Wildman–Crippen MR) is 84.6 cm³/mol. The highest BCUT2D eigenvalue weighted by Crippen LogP contribution is 2.21. The molecule has 2 N–H and O–H groups in total. The van der Waals surface area contributed by atoms with E-state index in [0.29, 0.717) is 12.3 Å². The second-order valence-corrected chi connectivity index (χ2v) is 6.80. The Hall–Kier alpha value is -1.30. The molecule has 0 aromatic carbocycles. The summed E-state index contributed by atoms with van der Waals surface area (Å²) in [7, 11) is 1.57. The van der Waals surface area contributed by atoms with Crippen LogP contribution in [0.5, 0.6) is 0 Å². The summed E-state index contributed by atoms with van der Waals surface area (Å²) in [5, 5.41) is 5.26. The lowest BCUT2D eigenvalue weighted by Gasteiger charge is -2.24. The number of hydrogen-bond donors (Lipinski definition) is 2. The molecular formula is C16H30N2O4. The number of ether oxygens (including phenoxy) is 2. The maximum atomic E-state index is 11.9. The molecule has 22 heavy (non-hydrogen) atoms. The monoisotopic (exact) mass is 314 g/mol. The van der Waals surface area contributed by atoms with Crippen molar-refractivity contribution in [1.29, 1.82) is 0 Å². The molecule has 1 aliphatic rings. The minimum absolute atomic E-state index is 0.183. The van der Waals surface area contributed by atoms with Gasteiger partial charge in [-0.3, -0.25) is 4.79 Å². The molecule has 1 unspecified atom stereocenters. The first-order chi connectivity index (χ1) is 10.3. The van der Waals surface area contributed by atoms with Crippen molar-refractivity contribution in [1.82, 2.24) is 10.6 Å². The van der Waals surface area contributed by atoms with E-state index in [9.17, 15) is 9.59 Å². The SMILES string of the molecule is CNC(=O)C(CCCC1CCOCC1)NC(=O)OC(C)(C)C. The summed E-state index contributed by atoms with van der Waals surface area (Å²) >= 11 is 0. The summed E-state index contributed by atoms with van der Waals surface area (Å²) in [6.45, 7) is 7.06. The molecule has 0 aromatic rings. The molecule has 0 aromatic heterocycles. The van der Waals surface area contributed by atoms with E-state index >= 15 is 0 Å². The Morgan fingerprint density at radius 2 is 1.91 bits per heavy atom. The van der Waals surface area contributed by atoms with Gasteiger partial charge in [-0.1, -0.05) is 12.8 Å². The van der Waals surface area contributed by atoms with E-state index in [2.05, 4.69) is 10.6 Å². The molecule has 0 aliphatic carbocycles. The molecule has 1 aliphatic heterocycles. The zero-order chi connectivity index (χ0) is 16.6. The fraction of sp³-hybridized carbons (Fsp3) is 0.875. The van der Waals surface area contributed by atoms with Gasteiger partial charge in [-0.25, -0.2) is 4.79 Å². The van der Waals surface area contributed by atoms with Crippen molar-refractivity contribution in [3.05, 3.63) is 0 Å². The van der Waals surface area contributed by atoms with Crippen LogP contribution >= 0.6 is 0 Å². The van der Waals surface area contributed by atoms with Gasteiger partial charge in [-0.15, -0.1) is 0 Å². The van der Waals surface area contributed by atoms with E-state index in [-0.39, 0.29) is 5.91 Å². The molecule has 128 valence electrons. The van der Waals surface area contributed by atoms with Crippen molar-refractivity contribution in [2.75, 3.05) is 20.3 Å². The molecule has 1 saturated heterocycles. The van der Waals surface area contributed by atoms with Gasteiger partial charge in [0.2, 0.25) is 5.91 Å². The lowest BCUT2D eigenvalue weighted by atomic mass is 9.93. The summed E-state index contributed by atoms with van der Waals surface area (Å²) in [4.78, 5) is 23.7. The number of amides is 2. The summed E-state index contributed by atoms with van der Waals surface area (Å²) in [5.41, 5.74) is -0.570. The van der Waals surface area contributed by atoms with Crippen LogP contribution in [0, 0.1) is 5.92 Å². The average Bonchev–Trinajstić information content (AvgIpc) is 2.44. The van der Waals surface area contributed by atoms with Crippen LogP contribution in [-0.4, -0.2) is 43.9 Å². The lowest BCUT2D eigenvalue weighted by Crippen LogP contribution is -2.47. The first-order valence-electron chi connectivity index (χ1n) is 8.10. The second-order valence-electron chi connectivity index (χ2n) is 6.80. The first kappa shape index (κ1) is 18.7. The Morgan fingerprint density at radius 1 is 1.27 bits per heavy atom. The highest BCUT2D eigenvalue weighted by atomic mass is 16.6. The number of likely N-dealkylation sites (N-methyl/N-ethyl adjacent to an activating group) is 1. The van der Waals surface area contributed by atoms with E-state index in [4.69, 9.17) is 9.47 Å². The molecule has 0 saturated carbocycles.